The Labute approximate surface area is 107 Å². The quantitative estimate of drug-likeness (QED) is 0.650. The second kappa shape index (κ2) is 5.82. The lowest BCUT2D eigenvalue weighted by Gasteiger charge is -2.00. The van der Waals surface area contributed by atoms with E-state index in [4.69, 9.17) is 0 Å². The normalized spacial score (nSPS) is 10.5. The third-order valence-electron chi connectivity index (χ3n) is 2.68. The summed E-state index contributed by atoms with van der Waals surface area (Å²) in [6, 6.07) is 17.2. The fourth-order valence-corrected chi connectivity index (χ4v) is 1.63. The minimum atomic E-state index is 0.0153. The Morgan fingerprint density at radius 2 is 1.67 bits per heavy atom. The fraction of sp³-hybridized carbons (Fsp3) is 0.0625. The first kappa shape index (κ1) is 12.1. The van der Waals surface area contributed by atoms with Crippen LogP contribution in [0.2, 0.25) is 0 Å². The molecule has 0 aromatic heterocycles. The summed E-state index contributed by atoms with van der Waals surface area (Å²) in [7, 11) is 1.85. The molecule has 0 radical (unpaired) electrons. The summed E-state index contributed by atoms with van der Waals surface area (Å²) >= 11 is 0. The summed E-state index contributed by atoms with van der Waals surface area (Å²) in [6.45, 7) is 0. The van der Waals surface area contributed by atoms with E-state index < -0.39 is 0 Å². The van der Waals surface area contributed by atoms with Crippen LogP contribution in [0, 0.1) is 0 Å². The number of hydrogen-bond acceptors (Lipinski definition) is 2. The summed E-state index contributed by atoms with van der Waals surface area (Å²) in [6.07, 6.45) is 3.43. The number of carbonyl (C=O) groups is 1. The molecule has 0 aliphatic carbocycles. The van der Waals surface area contributed by atoms with Gasteiger partial charge in [-0.15, -0.1) is 0 Å². The van der Waals surface area contributed by atoms with Crippen molar-refractivity contribution in [1.29, 1.82) is 0 Å². The smallest absolute Gasteiger partial charge is 0.185 e. The zero-order chi connectivity index (χ0) is 12.8. The van der Waals surface area contributed by atoms with E-state index in [9.17, 15) is 4.79 Å². The zero-order valence-corrected chi connectivity index (χ0v) is 10.3. The first-order chi connectivity index (χ1) is 8.79. The van der Waals surface area contributed by atoms with Crippen LogP contribution in [0.4, 0.5) is 5.69 Å². The van der Waals surface area contributed by atoms with E-state index in [0.717, 1.165) is 11.3 Å². The molecular weight excluding hydrogens is 222 g/mol. The number of hydrogen-bond donors (Lipinski definition) is 1. The Kier molecular flexibility index (Phi) is 3.92. The van der Waals surface area contributed by atoms with Gasteiger partial charge in [-0.05, 0) is 35.9 Å². The third kappa shape index (κ3) is 3.08. The second-order valence-corrected chi connectivity index (χ2v) is 3.94. The predicted octanol–water partition coefficient (Wildman–Crippen LogP) is 3.62. The van der Waals surface area contributed by atoms with Gasteiger partial charge in [0.15, 0.2) is 5.78 Å². The highest BCUT2D eigenvalue weighted by Crippen LogP contribution is 2.10. The molecule has 0 heterocycles. The van der Waals surface area contributed by atoms with E-state index in [1.54, 1.807) is 6.08 Å². The van der Waals surface area contributed by atoms with Crippen molar-refractivity contribution in [2.75, 3.05) is 12.4 Å². The van der Waals surface area contributed by atoms with Crippen LogP contribution in [0.5, 0.6) is 0 Å². The number of allylic oxidation sites excluding steroid dienone is 1. The molecule has 1 N–H and O–H groups in total. The molecule has 0 aliphatic rings. The average molecular weight is 237 g/mol. The molecule has 0 spiro atoms. The molecule has 0 saturated heterocycles. The van der Waals surface area contributed by atoms with E-state index in [1.165, 1.54) is 0 Å². The summed E-state index contributed by atoms with van der Waals surface area (Å²) < 4.78 is 0. The Balaban J connectivity index is 2.09. The summed E-state index contributed by atoms with van der Waals surface area (Å²) in [5, 5.41) is 3.02. The van der Waals surface area contributed by atoms with Gasteiger partial charge in [-0.1, -0.05) is 36.4 Å². The molecule has 0 saturated carbocycles. The van der Waals surface area contributed by atoms with Crippen LogP contribution >= 0.6 is 0 Å². The van der Waals surface area contributed by atoms with Crippen molar-refractivity contribution in [2.45, 2.75) is 0 Å². The third-order valence-corrected chi connectivity index (χ3v) is 2.68. The van der Waals surface area contributed by atoms with Crippen molar-refractivity contribution in [2.24, 2.45) is 0 Å². The highest BCUT2D eigenvalue weighted by molar-refractivity contribution is 6.06. The summed E-state index contributed by atoms with van der Waals surface area (Å²) in [4.78, 5) is 11.9. The molecule has 0 atom stereocenters. The lowest BCUT2D eigenvalue weighted by Crippen LogP contribution is -1.95. The standard InChI is InChI=1S/C16H15NO/c1-17-15-10-8-14(9-11-15)16(18)12-7-13-5-3-2-4-6-13/h2-12,17H,1H3. The van der Waals surface area contributed by atoms with Crippen LogP contribution < -0.4 is 5.32 Å². The molecule has 0 fully saturated rings. The zero-order valence-electron chi connectivity index (χ0n) is 10.3. The topological polar surface area (TPSA) is 29.1 Å². The SMILES string of the molecule is CNc1ccc(C(=O)C=Cc2ccccc2)cc1. The lowest BCUT2D eigenvalue weighted by atomic mass is 10.1. The highest BCUT2D eigenvalue weighted by Gasteiger charge is 2.00. The molecule has 90 valence electrons. The van der Waals surface area contributed by atoms with Gasteiger partial charge in [0.25, 0.3) is 0 Å². The molecule has 2 aromatic rings. The van der Waals surface area contributed by atoms with Crippen molar-refractivity contribution in [3.63, 3.8) is 0 Å². The molecular formula is C16H15NO. The largest absolute Gasteiger partial charge is 0.388 e. The number of nitrogens with one attached hydrogen (secondary N) is 1. The van der Waals surface area contributed by atoms with E-state index >= 15 is 0 Å². The van der Waals surface area contributed by atoms with Crippen molar-refractivity contribution in [3.8, 4) is 0 Å². The Morgan fingerprint density at radius 1 is 1.00 bits per heavy atom. The summed E-state index contributed by atoms with van der Waals surface area (Å²) in [5.74, 6) is 0.0153. The first-order valence-electron chi connectivity index (χ1n) is 5.85. The number of anilines is 1. The van der Waals surface area contributed by atoms with Crippen LogP contribution in [0.1, 0.15) is 15.9 Å². The minimum Gasteiger partial charge on any atom is -0.388 e. The molecule has 0 amide bonds. The van der Waals surface area contributed by atoms with Crippen molar-refractivity contribution in [1.82, 2.24) is 0 Å². The Bertz CT molecular complexity index is 541. The van der Waals surface area contributed by atoms with Crippen molar-refractivity contribution in [3.05, 3.63) is 71.8 Å². The average Bonchev–Trinajstić information content (AvgIpc) is 2.46. The Morgan fingerprint density at radius 3 is 2.28 bits per heavy atom. The van der Waals surface area contributed by atoms with Gasteiger partial charge in [0, 0.05) is 18.3 Å². The molecule has 2 nitrogen and oxygen atoms in total. The predicted molar refractivity (Wildman–Crippen MR) is 75.8 cm³/mol. The Hall–Kier alpha value is -2.35. The molecule has 2 aromatic carbocycles. The lowest BCUT2D eigenvalue weighted by molar-refractivity contribution is 0.104. The van der Waals surface area contributed by atoms with Crippen molar-refractivity contribution < 1.29 is 4.79 Å². The molecule has 0 aliphatic heterocycles. The van der Waals surface area contributed by atoms with Crippen LogP contribution in [0.15, 0.2) is 60.7 Å². The van der Waals surface area contributed by atoms with Crippen LogP contribution in [0.3, 0.4) is 0 Å². The maximum absolute atomic E-state index is 11.9. The van der Waals surface area contributed by atoms with Gasteiger partial charge >= 0.3 is 0 Å². The van der Waals surface area contributed by atoms with Gasteiger partial charge in [0.2, 0.25) is 0 Å². The van der Waals surface area contributed by atoms with Gasteiger partial charge in [0.1, 0.15) is 0 Å². The van der Waals surface area contributed by atoms with Crippen LogP contribution in [-0.4, -0.2) is 12.8 Å². The number of carbonyl (C=O) groups excluding carboxylic acids is 1. The molecule has 0 bridgehead atoms. The fourth-order valence-electron chi connectivity index (χ4n) is 1.63. The van der Waals surface area contributed by atoms with E-state index in [1.807, 2.05) is 67.7 Å². The van der Waals surface area contributed by atoms with Crippen LogP contribution in [0.25, 0.3) is 6.08 Å². The van der Waals surface area contributed by atoms with E-state index in [-0.39, 0.29) is 5.78 Å². The minimum absolute atomic E-state index is 0.0153. The van der Waals surface area contributed by atoms with Gasteiger partial charge in [-0.25, -0.2) is 0 Å². The van der Waals surface area contributed by atoms with E-state index in [0.29, 0.717) is 5.56 Å². The number of rotatable bonds is 4. The van der Waals surface area contributed by atoms with Gasteiger partial charge < -0.3 is 5.32 Å². The summed E-state index contributed by atoms with van der Waals surface area (Å²) in [5.41, 5.74) is 2.72. The highest BCUT2D eigenvalue weighted by atomic mass is 16.1. The monoisotopic (exact) mass is 237 g/mol. The molecule has 0 unspecified atom stereocenters. The first-order valence-corrected chi connectivity index (χ1v) is 5.85. The molecule has 2 heteroatoms. The van der Waals surface area contributed by atoms with Gasteiger partial charge in [-0.3, -0.25) is 4.79 Å². The molecule has 18 heavy (non-hydrogen) atoms. The second-order valence-electron chi connectivity index (χ2n) is 3.94. The molecule has 2 rings (SSSR count). The maximum Gasteiger partial charge on any atom is 0.185 e. The van der Waals surface area contributed by atoms with Gasteiger partial charge in [-0.2, -0.15) is 0 Å². The van der Waals surface area contributed by atoms with Crippen molar-refractivity contribution >= 4 is 17.5 Å². The number of benzene rings is 2. The number of ketones is 1. The maximum atomic E-state index is 11.9. The van der Waals surface area contributed by atoms with Gasteiger partial charge in [0.05, 0.1) is 0 Å². The van der Waals surface area contributed by atoms with E-state index in [2.05, 4.69) is 5.32 Å². The van der Waals surface area contributed by atoms with Crippen LogP contribution in [-0.2, 0) is 0 Å².